The number of hydrogen-bond donors (Lipinski definition) is 0. The highest BCUT2D eigenvalue weighted by molar-refractivity contribution is 6.30. The third-order valence-corrected chi connectivity index (χ3v) is 4.60. The Balaban J connectivity index is 1.61. The summed E-state index contributed by atoms with van der Waals surface area (Å²) in [5, 5.41) is 0.529. The number of carbonyl (C=O) groups excluding carboxylic acids is 1. The molecule has 0 unspecified atom stereocenters. The fourth-order valence-corrected chi connectivity index (χ4v) is 3.17. The van der Waals surface area contributed by atoms with Gasteiger partial charge in [-0.15, -0.1) is 0 Å². The van der Waals surface area contributed by atoms with E-state index in [9.17, 15) is 4.79 Å². The number of amides is 1. The molecule has 0 spiro atoms. The van der Waals surface area contributed by atoms with Crippen LogP contribution in [0.5, 0.6) is 5.75 Å². The van der Waals surface area contributed by atoms with E-state index in [0.29, 0.717) is 23.8 Å². The summed E-state index contributed by atoms with van der Waals surface area (Å²) in [5.41, 5.74) is 2.70. The maximum atomic E-state index is 12.5. The van der Waals surface area contributed by atoms with Crippen molar-refractivity contribution in [2.45, 2.75) is 32.8 Å². The van der Waals surface area contributed by atoms with E-state index in [0.717, 1.165) is 29.7 Å². The molecule has 1 aromatic heterocycles. The van der Waals surface area contributed by atoms with Crippen molar-refractivity contribution in [2.75, 3.05) is 13.1 Å². The van der Waals surface area contributed by atoms with Crippen LogP contribution in [0.3, 0.4) is 0 Å². The van der Waals surface area contributed by atoms with E-state index in [-0.39, 0.29) is 12.0 Å². The van der Waals surface area contributed by atoms with Crippen LogP contribution in [0.15, 0.2) is 36.5 Å². The maximum absolute atomic E-state index is 12.5. The second-order valence-corrected chi connectivity index (χ2v) is 6.63. The minimum absolute atomic E-state index is 0.0666. The number of halogens is 1. The molecule has 5 heteroatoms. The van der Waals surface area contributed by atoms with E-state index >= 15 is 0 Å². The van der Waals surface area contributed by atoms with Crippen LogP contribution in [0.25, 0.3) is 0 Å². The Morgan fingerprint density at radius 2 is 1.88 bits per heavy atom. The number of ether oxygens (including phenoxy) is 1. The van der Waals surface area contributed by atoms with Crippen LogP contribution in [-0.2, 0) is 0 Å². The molecular formula is C19H21ClN2O2. The third-order valence-electron chi connectivity index (χ3n) is 4.36. The SMILES string of the molecule is Cc1cccc(C)c1OC1CCN(C(=O)c2cc(Cl)ccn2)CC1. The van der Waals surface area contributed by atoms with Gasteiger partial charge >= 0.3 is 0 Å². The van der Waals surface area contributed by atoms with Crippen molar-refractivity contribution >= 4 is 17.5 Å². The molecule has 0 aliphatic carbocycles. The Hall–Kier alpha value is -2.07. The quantitative estimate of drug-likeness (QED) is 0.844. The summed E-state index contributed by atoms with van der Waals surface area (Å²) in [7, 11) is 0. The van der Waals surface area contributed by atoms with E-state index in [1.807, 2.05) is 11.0 Å². The zero-order chi connectivity index (χ0) is 17.1. The molecule has 1 fully saturated rings. The average molecular weight is 345 g/mol. The van der Waals surface area contributed by atoms with Gasteiger partial charge in [0, 0.05) is 37.2 Å². The number of likely N-dealkylation sites (tertiary alicyclic amines) is 1. The molecule has 1 aromatic carbocycles. The molecule has 0 atom stereocenters. The van der Waals surface area contributed by atoms with Gasteiger partial charge in [-0.25, -0.2) is 0 Å². The number of aromatic nitrogens is 1. The van der Waals surface area contributed by atoms with Crippen molar-refractivity contribution in [3.05, 3.63) is 58.4 Å². The topological polar surface area (TPSA) is 42.4 Å². The fourth-order valence-electron chi connectivity index (χ4n) is 3.01. The highest BCUT2D eigenvalue weighted by Crippen LogP contribution is 2.26. The summed E-state index contributed by atoms with van der Waals surface area (Å²) in [6.07, 6.45) is 3.34. The summed E-state index contributed by atoms with van der Waals surface area (Å²) in [6, 6.07) is 9.44. The molecular weight excluding hydrogens is 324 g/mol. The van der Waals surface area contributed by atoms with Gasteiger partial charge in [0.1, 0.15) is 17.5 Å². The molecule has 1 amide bonds. The molecule has 2 heterocycles. The van der Waals surface area contributed by atoms with Gasteiger partial charge in [0.05, 0.1) is 0 Å². The molecule has 3 rings (SSSR count). The molecule has 1 aliphatic heterocycles. The lowest BCUT2D eigenvalue weighted by Gasteiger charge is -2.32. The number of carbonyl (C=O) groups is 1. The molecule has 0 saturated carbocycles. The summed E-state index contributed by atoms with van der Waals surface area (Å²) in [4.78, 5) is 18.4. The third kappa shape index (κ3) is 3.70. The summed E-state index contributed by atoms with van der Waals surface area (Å²) >= 11 is 5.94. The van der Waals surface area contributed by atoms with E-state index in [4.69, 9.17) is 16.3 Å². The predicted molar refractivity (Wildman–Crippen MR) is 94.7 cm³/mol. The Labute approximate surface area is 147 Å². The zero-order valence-corrected chi connectivity index (χ0v) is 14.7. The lowest BCUT2D eigenvalue weighted by Crippen LogP contribution is -2.42. The van der Waals surface area contributed by atoms with Gasteiger partial charge in [0.2, 0.25) is 0 Å². The number of rotatable bonds is 3. The van der Waals surface area contributed by atoms with Crippen LogP contribution in [0.2, 0.25) is 5.02 Å². The highest BCUT2D eigenvalue weighted by Gasteiger charge is 2.26. The second kappa shape index (κ2) is 7.22. The minimum atomic E-state index is -0.0666. The molecule has 0 radical (unpaired) electrons. The summed E-state index contributed by atoms with van der Waals surface area (Å²) in [6.45, 7) is 5.46. The van der Waals surface area contributed by atoms with Crippen molar-refractivity contribution in [3.8, 4) is 5.75 Å². The Bertz CT molecular complexity index is 720. The minimum Gasteiger partial charge on any atom is -0.490 e. The van der Waals surface area contributed by atoms with Crippen molar-refractivity contribution < 1.29 is 9.53 Å². The van der Waals surface area contributed by atoms with Crippen LogP contribution in [0, 0.1) is 13.8 Å². The number of hydrogen-bond acceptors (Lipinski definition) is 3. The van der Waals surface area contributed by atoms with E-state index in [1.165, 1.54) is 0 Å². The standard InChI is InChI=1S/C19H21ClN2O2/c1-13-4-3-5-14(2)18(13)24-16-7-10-22(11-8-16)19(23)17-12-15(20)6-9-21-17/h3-6,9,12,16H,7-8,10-11H2,1-2H3. The number of benzene rings is 1. The fraction of sp³-hybridized carbons (Fsp3) is 0.368. The molecule has 4 nitrogen and oxygen atoms in total. The number of aryl methyl sites for hydroxylation is 2. The zero-order valence-electron chi connectivity index (χ0n) is 14.0. The monoisotopic (exact) mass is 344 g/mol. The van der Waals surface area contributed by atoms with E-state index in [2.05, 4.69) is 31.0 Å². The van der Waals surface area contributed by atoms with Gasteiger partial charge in [-0.1, -0.05) is 29.8 Å². The second-order valence-electron chi connectivity index (χ2n) is 6.19. The first-order valence-corrected chi connectivity index (χ1v) is 8.56. The van der Waals surface area contributed by atoms with Gasteiger partial charge < -0.3 is 9.64 Å². The van der Waals surface area contributed by atoms with Gasteiger partial charge in [-0.2, -0.15) is 0 Å². The first kappa shape index (κ1) is 16.8. The average Bonchev–Trinajstić information content (AvgIpc) is 2.58. The Kier molecular flexibility index (Phi) is 5.05. The van der Waals surface area contributed by atoms with Crippen molar-refractivity contribution in [3.63, 3.8) is 0 Å². The maximum Gasteiger partial charge on any atom is 0.272 e. The number of piperidine rings is 1. The summed E-state index contributed by atoms with van der Waals surface area (Å²) in [5.74, 6) is 0.904. The largest absolute Gasteiger partial charge is 0.490 e. The van der Waals surface area contributed by atoms with Gasteiger partial charge in [-0.3, -0.25) is 9.78 Å². The normalized spacial score (nSPS) is 15.4. The van der Waals surface area contributed by atoms with Crippen LogP contribution < -0.4 is 4.74 Å². The molecule has 1 saturated heterocycles. The lowest BCUT2D eigenvalue weighted by atomic mass is 10.1. The van der Waals surface area contributed by atoms with Crippen LogP contribution in [0.1, 0.15) is 34.5 Å². The molecule has 126 valence electrons. The molecule has 2 aromatic rings. The van der Waals surface area contributed by atoms with Gasteiger partial charge in [0.25, 0.3) is 5.91 Å². The molecule has 1 aliphatic rings. The Morgan fingerprint density at radius 3 is 2.50 bits per heavy atom. The number of pyridine rings is 1. The van der Waals surface area contributed by atoms with E-state index < -0.39 is 0 Å². The number of para-hydroxylation sites is 1. The van der Waals surface area contributed by atoms with Gasteiger partial charge in [0.15, 0.2) is 0 Å². The Morgan fingerprint density at radius 1 is 1.21 bits per heavy atom. The van der Waals surface area contributed by atoms with Crippen LogP contribution >= 0.6 is 11.6 Å². The van der Waals surface area contributed by atoms with Crippen LogP contribution in [-0.4, -0.2) is 35.0 Å². The highest BCUT2D eigenvalue weighted by atomic mass is 35.5. The first-order chi connectivity index (χ1) is 11.5. The molecule has 24 heavy (non-hydrogen) atoms. The summed E-state index contributed by atoms with van der Waals surface area (Å²) < 4.78 is 6.20. The lowest BCUT2D eigenvalue weighted by molar-refractivity contribution is 0.0587. The van der Waals surface area contributed by atoms with Crippen molar-refractivity contribution in [1.82, 2.24) is 9.88 Å². The number of nitrogens with zero attached hydrogens (tertiary/aromatic N) is 2. The van der Waals surface area contributed by atoms with Crippen molar-refractivity contribution in [1.29, 1.82) is 0 Å². The predicted octanol–water partition coefficient (Wildman–Crippen LogP) is 4.04. The van der Waals surface area contributed by atoms with Crippen molar-refractivity contribution in [2.24, 2.45) is 0 Å². The molecule has 0 N–H and O–H groups in total. The smallest absolute Gasteiger partial charge is 0.272 e. The molecule has 0 bridgehead atoms. The first-order valence-electron chi connectivity index (χ1n) is 8.18. The van der Waals surface area contributed by atoms with E-state index in [1.54, 1.807) is 18.3 Å². The van der Waals surface area contributed by atoms with Gasteiger partial charge in [-0.05, 0) is 37.1 Å². The van der Waals surface area contributed by atoms with Crippen LogP contribution in [0.4, 0.5) is 0 Å².